The van der Waals surface area contributed by atoms with Crippen molar-refractivity contribution in [2.75, 3.05) is 34.9 Å². The first-order valence-electron chi connectivity index (χ1n) is 23.0. The van der Waals surface area contributed by atoms with Gasteiger partial charge in [-0.25, -0.2) is 0 Å². The molecule has 0 aromatic carbocycles. The van der Waals surface area contributed by atoms with E-state index in [9.17, 15) is 34.8 Å². The van der Waals surface area contributed by atoms with Crippen LogP contribution in [0, 0.1) is 29.6 Å². The molecule has 0 bridgehead atoms. The number of carbonyl (C=O) groups excluding carboxylic acids is 3. The Morgan fingerprint density at radius 3 is 2.11 bits per heavy atom. The number of nitrogens with zero attached hydrogens (tertiary/aromatic N) is 1. The minimum Gasteiger partial charge on any atom is -0.462 e. The van der Waals surface area contributed by atoms with Crippen LogP contribution in [-0.2, 0) is 57.0 Å². The third-order valence-corrected chi connectivity index (χ3v) is 14.0. The van der Waals surface area contributed by atoms with Gasteiger partial charge in [0, 0.05) is 50.7 Å². The fraction of sp³-hybridized carbons (Fsp3) is 0.851. The van der Waals surface area contributed by atoms with Crippen LogP contribution in [0.1, 0.15) is 94.4 Å². The van der Waals surface area contributed by atoms with Crippen molar-refractivity contribution in [1.29, 1.82) is 0 Å². The largest absolute Gasteiger partial charge is 0.462 e. The average molecular weight is 914 g/mol. The van der Waals surface area contributed by atoms with Crippen LogP contribution in [-0.4, -0.2) is 176 Å². The number of likely N-dealkylation sites (N-methyl/N-ethyl adjacent to an activating group) is 1. The summed E-state index contributed by atoms with van der Waals surface area (Å²) in [6.07, 6.45) is -6.05. The maximum absolute atomic E-state index is 13.8. The molecule has 0 spiro atoms. The predicted molar refractivity (Wildman–Crippen MR) is 233 cm³/mol. The topological polar surface area (TPSA) is 218 Å². The van der Waals surface area contributed by atoms with E-state index in [4.69, 9.17) is 42.6 Å². The Hall–Kier alpha value is -2.23. The summed E-state index contributed by atoms with van der Waals surface area (Å²) in [5.41, 5.74) is -0.351. The number of allylic oxidation sites excluding steroid dienone is 3. The van der Waals surface area contributed by atoms with E-state index >= 15 is 0 Å². The van der Waals surface area contributed by atoms with Gasteiger partial charge in [0.05, 0.1) is 55.2 Å². The molecule has 4 aliphatic rings. The molecule has 3 saturated heterocycles. The monoisotopic (exact) mass is 914 g/mol. The molecule has 0 aromatic rings. The highest BCUT2D eigenvalue weighted by atomic mass is 16.7. The van der Waals surface area contributed by atoms with E-state index in [2.05, 4.69) is 0 Å². The Morgan fingerprint density at radius 2 is 1.52 bits per heavy atom. The van der Waals surface area contributed by atoms with Crippen molar-refractivity contribution in [2.24, 2.45) is 29.6 Å². The van der Waals surface area contributed by atoms with Crippen LogP contribution in [0.3, 0.4) is 0 Å². The van der Waals surface area contributed by atoms with Crippen molar-refractivity contribution in [3.63, 3.8) is 0 Å². The quantitative estimate of drug-likeness (QED) is 0.154. The van der Waals surface area contributed by atoms with Gasteiger partial charge in [0.1, 0.15) is 42.9 Å². The number of carbonyl (C=O) groups is 3. The molecule has 0 aromatic heterocycles. The van der Waals surface area contributed by atoms with Gasteiger partial charge in [-0.05, 0) is 73.5 Å². The van der Waals surface area contributed by atoms with Crippen molar-refractivity contribution >= 4 is 18.0 Å². The molecule has 0 amide bonds. The molecule has 0 aliphatic carbocycles. The first kappa shape index (κ1) is 54.4. The Bertz CT molecular complexity index is 1560. The normalized spacial score (nSPS) is 45.9. The Kier molecular flexibility index (Phi) is 20.5. The number of methoxy groups -OCH3 is 2. The van der Waals surface area contributed by atoms with Crippen LogP contribution in [0.25, 0.3) is 0 Å². The molecule has 4 rings (SSSR count). The second-order valence-electron chi connectivity index (χ2n) is 19.1. The lowest BCUT2D eigenvalue weighted by molar-refractivity contribution is -0.338. The van der Waals surface area contributed by atoms with Gasteiger partial charge in [-0.3, -0.25) is 9.59 Å². The molecular formula is C47H79NO16. The second kappa shape index (κ2) is 24.2. The number of ether oxygens (including phenoxy) is 9. The van der Waals surface area contributed by atoms with Crippen LogP contribution < -0.4 is 0 Å². The van der Waals surface area contributed by atoms with Crippen molar-refractivity contribution in [3.8, 4) is 0 Å². The highest BCUT2D eigenvalue weighted by molar-refractivity contribution is 5.91. The molecule has 4 heterocycles. The smallest absolute Gasteiger partial charge is 0.308 e. The Morgan fingerprint density at radius 1 is 0.859 bits per heavy atom. The Labute approximate surface area is 380 Å². The van der Waals surface area contributed by atoms with E-state index in [1.54, 1.807) is 59.7 Å². The summed E-state index contributed by atoms with van der Waals surface area (Å²) in [6.45, 7) is 16.2. The Balaban J connectivity index is 1.62. The van der Waals surface area contributed by atoms with Gasteiger partial charge in [0.25, 0.3) is 0 Å². The molecular weight excluding hydrogens is 835 g/mol. The maximum atomic E-state index is 13.8. The number of hydrogen-bond acceptors (Lipinski definition) is 17. The number of aliphatic hydroxyl groups excluding tert-OH is 3. The van der Waals surface area contributed by atoms with E-state index in [-0.39, 0.29) is 43.7 Å². The molecule has 0 radical (unpaired) electrons. The second-order valence-corrected chi connectivity index (χ2v) is 19.1. The van der Waals surface area contributed by atoms with Gasteiger partial charge in [-0.2, -0.15) is 0 Å². The molecule has 21 atom stereocenters. The highest BCUT2D eigenvalue weighted by Crippen LogP contribution is 2.39. The molecule has 0 saturated carbocycles. The van der Waals surface area contributed by atoms with Gasteiger partial charge in [-0.15, -0.1) is 0 Å². The van der Waals surface area contributed by atoms with Crippen molar-refractivity contribution < 1.29 is 77.4 Å². The molecule has 64 heavy (non-hydrogen) atoms. The van der Waals surface area contributed by atoms with Crippen LogP contribution in [0.15, 0.2) is 23.8 Å². The fourth-order valence-electron chi connectivity index (χ4n) is 9.62. The number of ketones is 1. The molecule has 17 heteroatoms. The number of rotatable bonds is 13. The van der Waals surface area contributed by atoms with Gasteiger partial charge < -0.3 is 72.8 Å². The molecule has 3 fully saturated rings. The van der Waals surface area contributed by atoms with Gasteiger partial charge in [-0.1, -0.05) is 45.4 Å². The molecule has 17 nitrogen and oxygen atoms in total. The van der Waals surface area contributed by atoms with Crippen LogP contribution in [0.2, 0.25) is 0 Å². The molecule has 368 valence electrons. The lowest BCUT2D eigenvalue weighted by Gasteiger charge is -2.50. The number of hydrogen-bond donors (Lipinski definition) is 4. The first-order valence-corrected chi connectivity index (χ1v) is 23.0. The molecule has 7 unspecified atom stereocenters. The summed E-state index contributed by atoms with van der Waals surface area (Å²) >= 11 is 0. The van der Waals surface area contributed by atoms with Crippen molar-refractivity contribution in [1.82, 2.24) is 4.90 Å². The van der Waals surface area contributed by atoms with Gasteiger partial charge in [0.2, 0.25) is 0 Å². The van der Waals surface area contributed by atoms with Crippen LogP contribution >= 0.6 is 0 Å². The minimum atomic E-state index is -1.34. The molecule has 4 N–H and O–H groups in total. The van der Waals surface area contributed by atoms with Gasteiger partial charge in [0.15, 0.2) is 24.7 Å². The number of aliphatic hydroxyl groups is 4. The zero-order valence-electron chi connectivity index (χ0n) is 40.2. The minimum absolute atomic E-state index is 0.00212. The third-order valence-electron chi connectivity index (χ3n) is 14.0. The van der Waals surface area contributed by atoms with Crippen LogP contribution in [0.4, 0.5) is 0 Å². The van der Waals surface area contributed by atoms with E-state index < -0.39 is 128 Å². The van der Waals surface area contributed by atoms with E-state index in [0.717, 1.165) is 6.29 Å². The number of aldehydes is 1. The van der Waals surface area contributed by atoms with Crippen molar-refractivity contribution in [2.45, 2.75) is 192 Å². The number of esters is 1. The summed E-state index contributed by atoms with van der Waals surface area (Å²) in [5.74, 6) is -3.62. The van der Waals surface area contributed by atoms with E-state index in [1.165, 1.54) is 20.3 Å². The first-order chi connectivity index (χ1) is 30.1. The van der Waals surface area contributed by atoms with Gasteiger partial charge >= 0.3 is 5.97 Å². The standard InChI is InChI=1S/C47H79NO16/c1-14-35-32(23-58-46-44(57-13)43(56-12)39(53)29(7)60-46)19-24(2)15-16-33(50)25(3)20-31(17-18-49)41(26(4)34(51)21-36(52)62-35)64-45-40(54)38(48(10)11)42(30(8)61-45)63-37-22-47(9,55)27(5)28(6)59-37/h15-16,18-19,25-32,34-35,37-46,51,53-55H,14,17,20-23H2,1-13H3/b16-15+,24-19+/t25-,26+,27+,28?,29?,30?,31+,32-,34-,35-,37+,38?,39+,40?,41-,42+,43+,44?,45+,46-,47?/m1/s1. The fourth-order valence-corrected chi connectivity index (χ4v) is 9.62. The third kappa shape index (κ3) is 13.5. The summed E-state index contributed by atoms with van der Waals surface area (Å²) in [4.78, 5) is 41.6. The number of cyclic esters (lactones) is 1. The molecule has 4 aliphatic heterocycles. The average Bonchev–Trinajstić information content (AvgIpc) is 3.23. The van der Waals surface area contributed by atoms with E-state index in [0.29, 0.717) is 12.0 Å². The maximum Gasteiger partial charge on any atom is 0.308 e. The van der Waals surface area contributed by atoms with Crippen LogP contribution in [0.5, 0.6) is 0 Å². The summed E-state index contributed by atoms with van der Waals surface area (Å²) in [5, 5.41) is 45.6. The lowest BCUT2D eigenvalue weighted by Crippen LogP contribution is -2.65. The summed E-state index contributed by atoms with van der Waals surface area (Å²) in [6, 6.07) is -0.686. The lowest BCUT2D eigenvalue weighted by atomic mass is 9.79. The van der Waals surface area contributed by atoms with E-state index in [1.807, 2.05) is 33.8 Å². The zero-order chi connectivity index (χ0) is 47.8. The zero-order valence-corrected chi connectivity index (χ0v) is 40.2. The van der Waals surface area contributed by atoms with Crippen molar-refractivity contribution in [3.05, 3.63) is 23.8 Å². The summed E-state index contributed by atoms with van der Waals surface area (Å²) in [7, 11) is 6.53. The summed E-state index contributed by atoms with van der Waals surface area (Å²) < 4.78 is 55.2. The highest BCUT2D eigenvalue weighted by Gasteiger charge is 2.51. The predicted octanol–water partition coefficient (Wildman–Crippen LogP) is 3.11. The SMILES string of the molecule is CC[C@H]1OC(=O)C[C@@H](O)[C@H](C)[C@@H](O[C@@H]2OC(C)[C@H](O[C@H]3CC(C)(O)[C@@H](C)C(C)O3)C(N(C)C)C2O)[C@@H](CC=O)C[C@@H](C)C(=O)/C=C/C(C)=C/[C@@H]1CO[C@@H]1OC(C)[C@H](O)[C@H](OC)C1OC.